The van der Waals surface area contributed by atoms with Crippen LogP contribution in [0.4, 0.5) is 0 Å². The van der Waals surface area contributed by atoms with E-state index in [1.807, 2.05) is 58.0 Å². The molecule has 234 valence electrons. The zero-order chi connectivity index (χ0) is 32.3. The van der Waals surface area contributed by atoms with Gasteiger partial charge in [0, 0.05) is 12.4 Å². The first-order valence-electron chi connectivity index (χ1n) is 15.1. The van der Waals surface area contributed by atoms with Crippen LogP contribution in [0.2, 0.25) is 0 Å². The number of aryl methyl sites for hydroxylation is 2. The van der Waals surface area contributed by atoms with Gasteiger partial charge in [-0.3, -0.25) is 19.4 Å². The van der Waals surface area contributed by atoms with E-state index in [4.69, 9.17) is 10.5 Å². The molecule has 3 rings (SSSR count). The highest BCUT2D eigenvalue weighted by atomic mass is 16.5. The normalized spacial score (nSPS) is 14.3. The molecule has 2 aromatic carbocycles. The predicted molar refractivity (Wildman–Crippen MR) is 174 cm³/mol. The van der Waals surface area contributed by atoms with E-state index >= 15 is 0 Å². The Bertz CT molecular complexity index is 1430. The van der Waals surface area contributed by atoms with Gasteiger partial charge in [-0.2, -0.15) is 0 Å². The molecule has 0 aliphatic carbocycles. The standard InChI is InChI=1S/C36H46N4O4/c1-7-22-44-36(23-30(37)41,20-12-18-28-17-11-14-25(2)31(28)27-15-9-8-10-16-27)34(43)40-32(35(4,5)6)33(42)39-26(3)29-19-13-21-38-24-29/h7-11,13-17,19,21-22,24,26,32H,12,18,20,23H2,1-6H3,(H2,37,41)(H,39,42)(H,40,43)/t26-,32-,36-/m1/s1. The Labute approximate surface area is 261 Å². The summed E-state index contributed by atoms with van der Waals surface area (Å²) in [7, 11) is 0. The first-order chi connectivity index (χ1) is 20.9. The summed E-state index contributed by atoms with van der Waals surface area (Å²) >= 11 is 0. The van der Waals surface area contributed by atoms with Crippen molar-refractivity contribution < 1.29 is 19.1 Å². The summed E-state index contributed by atoms with van der Waals surface area (Å²) in [6.45, 7) is 11.3. The van der Waals surface area contributed by atoms with Crippen LogP contribution in [0.25, 0.3) is 11.1 Å². The molecule has 0 aliphatic heterocycles. The molecule has 3 amide bonds. The average molecular weight is 599 g/mol. The second kappa shape index (κ2) is 15.3. The summed E-state index contributed by atoms with van der Waals surface area (Å²) in [6.07, 6.45) is 7.46. The molecule has 0 fully saturated rings. The van der Waals surface area contributed by atoms with E-state index in [0.29, 0.717) is 12.8 Å². The van der Waals surface area contributed by atoms with Crippen molar-refractivity contribution in [2.75, 3.05) is 0 Å². The zero-order valence-electron chi connectivity index (χ0n) is 26.7. The van der Waals surface area contributed by atoms with E-state index in [-0.39, 0.29) is 24.8 Å². The average Bonchev–Trinajstić information content (AvgIpc) is 2.98. The van der Waals surface area contributed by atoms with Crippen molar-refractivity contribution in [2.24, 2.45) is 11.1 Å². The molecule has 0 spiro atoms. The van der Waals surface area contributed by atoms with E-state index in [0.717, 1.165) is 27.8 Å². The number of nitrogens with two attached hydrogens (primary N) is 1. The van der Waals surface area contributed by atoms with Crippen LogP contribution >= 0.6 is 0 Å². The van der Waals surface area contributed by atoms with Gasteiger partial charge >= 0.3 is 0 Å². The number of benzene rings is 2. The Kier molecular flexibility index (Phi) is 11.9. The van der Waals surface area contributed by atoms with Crippen LogP contribution in [0, 0.1) is 12.3 Å². The molecule has 0 unspecified atom stereocenters. The Morgan fingerprint density at radius 1 is 1.00 bits per heavy atom. The van der Waals surface area contributed by atoms with Crippen LogP contribution in [0.15, 0.2) is 85.4 Å². The van der Waals surface area contributed by atoms with Crippen molar-refractivity contribution in [1.29, 1.82) is 0 Å². The Morgan fingerprint density at radius 3 is 2.34 bits per heavy atom. The highest BCUT2D eigenvalue weighted by Gasteiger charge is 2.45. The summed E-state index contributed by atoms with van der Waals surface area (Å²) in [4.78, 5) is 44.2. The SMILES string of the molecule is CC=CO[C@](CCCc1cccc(C)c1-c1ccccc1)(CC(N)=O)C(=O)N[C@H](C(=O)N[C@H](C)c1cccnc1)C(C)(C)C. The maximum atomic E-state index is 14.1. The molecule has 44 heavy (non-hydrogen) atoms. The van der Waals surface area contributed by atoms with Crippen LogP contribution in [0.1, 0.15) is 76.6 Å². The fourth-order valence-corrected chi connectivity index (χ4v) is 5.39. The van der Waals surface area contributed by atoms with Gasteiger partial charge in [0.15, 0.2) is 5.60 Å². The minimum Gasteiger partial charge on any atom is -0.485 e. The number of carbonyl (C=O) groups excluding carboxylic acids is 3. The second-order valence-electron chi connectivity index (χ2n) is 12.3. The van der Waals surface area contributed by atoms with Gasteiger partial charge < -0.3 is 21.1 Å². The van der Waals surface area contributed by atoms with Gasteiger partial charge in [-0.1, -0.05) is 81.4 Å². The lowest BCUT2D eigenvalue weighted by atomic mass is 9.83. The molecule has 0 aliphatic rings. The number of hydrogen-bond donors (Lipinski definition) is 3. The largest absolute Gasteiger partial charge is 0.485 e. The molecule has 8 nitrogen and oxygen atoms in total. The predicted octanol–water partition coefficient (Wildman–Crippen LogP) is 5.95. The Hall–Kier alpha value is -4.46. The van der Waals surface area contributed by atoms with Gasteiger partial charge in [-0.05, 0) is 79.3 Å². The summed E-state index contributed by atoms with van der Waals surface area (Å²) in [5, 5.41) is 5.93. The molecular weight excluding hydrogens is 552 g/mol. The fraction of sp³-hybridized carbons (Fsp3) is 0.389. The van der Waals surface area contributed by atoms with Crippen LogP contribution < -0.4 is 16.4 Å². The number of pyridine rings is 1. The van der Waals surface area contributed by atoms with Gasteiger partial charge in [-0.15, -0.1) is 0 Å². The molecule has 0 bridgehead atoms. The first kappa shape index (κ1) is 34.0. The fourth-order valence-electron chi connectivity index (χ4n) is 5.39. The number of rotatable bonds is 14. The number of carbonyl (C=O) groups is 3. The van der Waals surface area contributed by atoms with Crippen molar-refractivity contribution >= 4 is 17.7 Å². The molecule has 1 aromatic heterocycles. The number of amides is 3. The summed E-state index contributed by atoms with van der Waals surface area (Å²) in [6, 6.07) is 18.8. The Morgan fingerprint density at radius 2 is 1.73 bits per heavy atom. The minimum absolute atomic E-state index is 0.207. The van der Waals surface area contributed by atoms with Gasteiger partial charge in [-0.25, -0.2) is 0 Å². The second-order valence-corrected chi connectivity index (χ2v) is 12.3. The quantitative estimate of drug-likeness (QED) is 0.198. The van der Waals surface area contributed by atoms with Crippen molar-refractivity contribution in [3.63, 3.8) is 0 Å². The number of nitrogens with zero attached hydrogens (tertiary/aromatic N) is 1. The van der Waals surface area contributed by atoms with E-state index < -0.39 is 28.9 Å². The third-order valence-corrected chi connectivity index (χ3v) is 7.70. The van der Waals surface area contributed by atoms with Crippen molar-refractivity contribution in [3.05, 3.63) is 102 Å². The monoisotopic (exact) mass is 598 g/mol. The molecule has 4 N–H and O–H groups in total. The van der Waals surface area contributed by atoms with Crippen molar-refractivity contribution in [3.8, 4) is 11.1 Å². The van der Waals surface area contributed by atoms with Crippen LogP contribution in [0.5, 0.6) is 0 Å². The van der Waals surface area contributed by atoms with Gasteiger partial charge in [0.25, 0.3) is 5.91 Å². The minimum atomic E-state index is -1.60. The van der Waals surface area contributed by atoms with Crippen molar-refractivity contribution in [1.82, 2.24) is 15.6 Å². The van der Waals surface area contributed by atoms with E-state index in [1.165, 1.54) is 6.26 Å². The van der Waals surface area contributed by atoms with E-state index in [9.17, 15) is 14.4 Å². The smallest absolute Gasteiger partial charge is 0.265 e. The topological polar surface area (TPSA) is 123 Å². The lowest BCUT2D eigenvalue weighted by Gasteiger charge is -2.36. The van der Waals surface area contributed by atoms with Crippen molar-refractivity contribution in [2.45, 2.75) is 84.9 Å². The number of aromatic nitrogens is 1. The lowest BCUT2D eigenvalue weighted by molar-refractivity contribution is -0.149. The highest BCUT2D eigenvalue weighted by molar-refractivity contribution is 5.95. The number of primary amides is 1. The van der Waals surface area contributed by atoms with Crippen LogP contribution in [-0.4, -0.2) is 34.3 Å². The first-order valence-corrected chi connectivity index (χ1v) is 15.1. The number of hydrogen-bond acceptors (Lipinski definition) is 5. The van der Waals surface area contributed by atoms with Gasteiger partial charge in [0.05, 0.1) is 18.7 Å². The molecule has 0 saturated carbocycles. The van der Waals surface area contributed by atoms with E-state index in [2.05, 4.69) is 46.8 Å². The zero-order valence-corrected chi connectivity index (χ0v) is 26.7. The molecular formula is C36H46N4O4. The van der Waals surface area contributed by atoms with Gasteiger partial charge in [0.2, 0.25) is 11.8 Å². The summed E-state index contributed by atoms with van der Waals surface area (Å²) < 4.78 is 6.04. The molecule has 3 atom stereocenters. The van der Waals surface area contributed by atoms with Crippen LogP contribution in [0.3, 0.4) is 0 Å². The molecule has 0 saturated heterocycles. The van der Waals surface area contributed by atoms with Crippen LogP contribution in [-0.2, 0) is 25.5 Å². The third-order valence-electron chi connectivity index (χ3n) is 7.70. The molecule has 1 heterocycles. The third kappa shape index (κ3) is 9.02. The van der Waals surface area contributed by atoms with E-state index in [1.54, 1.807) is 31.5 Å². The highest BCUT2D eigenvalue weighted by Crippen LogP contribution is 2.31. The number of ether oxygens (including phenoxy) is 1. The number of nitrogens with one attached hydrogen (secondary N) is 2. The lowest BCUT2D eigenvalue weighted by Crippen LogP contribution is -2.60. The van der Waals surface area contributed by atoms with Gasteiger partial charge in [0.1, 0.15) is 6.04 Å². The summed E-state index contributed by atoms with van der Waals surface area (Å²) in [5.41, 5.74) is 8.82. The summed E-state index contributed by atoms with van der Waals surface area (Å²) in [5.74, 6) is -1.59. The molecule has 8 heteroatoms. The maximum Gasteiger partial charge on any atom is 0.265 e. The number of allylic oxidation sites excluding steroid dienone is 1. The molecule has 0 radical (unpaired) electrons. The molecule has 3 aromatic rings. The maximum absolute atomic E-state index is 14.1. The Balaban J connectivity index is 1.88.